The number of rotatable bonds is 5. The summed E-state index contributed by atoms with van der Waals surface area (Å²) in [5.41, 5.74) is 3.27. The molecule has 0 aliphatic carbocycles. The summed E-state index contributed by atoms with van der Waals surface area (Å²) in [4.78, 5) is 0. The summed E-state index contributed by atoms with van der Waals surface area (Å²) in [5.74, 6) is 0. The van der Waals surface area contributed by atoms with Crippen LogP contribution >= 0.6 is 11.6 Å². The van der Waals surface area contributed by atoms with E-state index in [4.69, 9.17) is 16.7 Å². The summed E-state index contributed by atoms with van der Waals surface area (Å²) in [7, 11) is 0. The molecule has 4 rings (SSSR count). The van der Waals surface area contributed by atoms with Crippen molar-refractivity contribution in [1.82, 2.24) is 9.78 Å². The first-order valence-corrected chi connectivity index (χ1v) is 9.19. The number of halogens is 1. The summed E-state index contributed by atoms with van der Waals surface area (Å²) in [6.45, 7) is 3.86. The van der Waals surface area contributed by atoms with Crippen LogP contribution in [0.4, 0.5) is 0 Å². The molecule has 0 spiro atoms. The molecule has 4 aromatic rings. The third kappa shape index (κ3) is 2.88. The Morgan fingerprint density at radius 1 is 0.778 bits per heavy atom. The molecule has 2 nitrogen and oxygen atoms in total. The largest absolute Gasteiger partial charge is 0.252 e. The minimum Gasteiger partial charge on any atom is -0.252 e. The highest BCUT2D eigenvalue weighted by Crippen LogP contribution is 2.43. The predicted octanol–water partition coefficient (Wildman–Crippen LogP) is 6.02. The Bertz CT molecular complexity index is 1010. The van der Waals surface area contributed by atoms with E-state index < -0.39 is 5.54 Å². The Hall–Kier alpha value is -3.10. The van der Waals surface area contributed by atoms with Crippen LogP contribution in [0, 0.1) is 0 Å². The summed E-state index contributed by atoms with van der Waals surface area (Å²) in [6, 6.07) is 30.6. The normalized spacial score (nSPS) is 11.3. The fraction of sp³-hybridized carbons (Fsp3) is 0.0417. The van der Waals surface area contributed by atoms with Gasteiger partial charge in [-0.25, -0.2) is 0 Å². The van der Waals surface area contributed by atoms with Crippen molar-refractivity contribution in [3.8, 4) is 0 Å². The third-order valence-corrected chi connectivity index (χ3v) is 5.14. The third-order valence-electron chi connectivity index (χ3n) is 4.81. The van der Waals surface area contributed by atoms with Crippen LogP contribution in [0.15, 0.2) is 104 Å². The molecule has 0 N–H and O–H groups in total. The van der Waals surface area contributed by atoms with E-state index in [0.29, 0.717) is 5.02 Å². The number of aromatic nitrogens is 2. The van der Waals surface area contributed by atoms with Crippen molar-refractivity contribution in [3.63, 3.8) is 0 Å². The SMILES string of the molecule is C=Cc1ccn(C(c2ccccc2)(c2ccccc2)c2ccccc2Cl)n1. The highest BCUT2D eigenvalue weighted by atomic mass is 35.5. The topological polar surface area (TPSA) is 17.8 Å². The van der Waals surface area contributed by atoms with Gasteiger partial charge in [0.05, 0.1) is 5.69 Å². The van der Waals surface area contributed by atoms with E-state index >= 15 is 0 Å². The molecule has 0 aliphatic heterocycles. The quantitative estimate of drug-likeness (QED) is 0.393. The molecule has 1 aromatic heterocycles. The van der Waals surface area contributed by atoms with Gasteiger partial charge in [0.15, 0.2) is 0 Å². The summed E-state index contributed by atoms with van der Waals surface area (Å²) in [6.07, 6.45) is 3.74. The lowest BCUT2D eigenvalue weighted by atomic mass is 9.77. The molecule has 132 valence electrons. The first kappa shape index (κ1) is 17.3. The first-order chi connectivity index (χ1) is 13.3. The van der Waals surface area contributed by atoms with Gasteiger partial charge in [0.1, 0.15) is 5.54 Å². The monoisotopic (exact) mass is 370 g/mol. The maximum absolute atomic E-state index is 6.74. The average Bonchev–Trinajstić information content (AvgIpc) is 3.21. The van der Waals surface area contributed by atoms with Crippen LogP contribution in [-0.2, 0) is 5.54 Å². The second-order valence-electron chi connectivity index (χ2n) is 6.31. The first-order valence-electron chi connectivity index (χ1n) is 8.81. The highest BCUT2D eigenvalue weighted by Gasteiger charge is 2.40. The lowest BCUT2D eigenvalue weighted by molar-refractivity contribution is 0.459. The maximum atomic E-state index is 6.74. The zero-order valence-corrected chi connectivity index (χ0v) is 15.6. The lowest BCUT2D eigenvalue weighted by Gasteiger charge is -2.37. The minimum atomic E-state index is -0.692. The van der Waals surface area contributed by atoms with E-state index in [9.17, 15) is 0 Å². The fourth-order valence-corrected chi connectivity index (χ4v) is 3.89. The number of benzene rings is 3. The van der Waals surface area contributed by atoms with Gasteiger partial charge in [-0.05, 0) is 29.3 Å². The van der Waals surface area contributed by atoms with Crippen LogP contribution in [0.3, 0.4) is 0 Å². The van der Waals surface area contributed by atoms with Crippen LogP contribution in [0.2, 0.25) is 5.02 Å². The molecule has 0 radical (unpaired) electrons. The van der Waals surface area contributed by atoms with Crippen molar-refractivity contribution >= 4 is 17.7 Å². The molecule has 0 aliphatic rings. The molecule has 0 amide bonds. The molecule has 0 unspecified atom stereocenters. The average molecular weight is 371 g/mol. The van der Waals surface area contributed by atoms with Crippen molar-refractivity contribution in [2.24, 2.45) is 0 Å². The van der Waals surface area contributed by atoms with Crippen LogP contribution in [0.5, 0.6) is 0 Å². The van der Waals surface area contributed by atoms with Crippen molar-refractivity contribution in [3.05, 3.63) is 131 Å². The zero-order chi connectivity index (χ0) is 18.7. The number of nitrogens with zero attached hydrogens (tertiary/aromatic N) is 2. The zero-order valence-electron chi connectivity index (χ0n) is 14.8. The van der Waals surface area contributed by atoms with Gasteiger partial charge < -0.3 is 0 Å². The molecular formula is C24H19ClN2. The summed E-state index contributed by atoms with van der Waals surface area (Å²) >= 11 is 6.74. The standard InChI is InChI=1S/C24H19ClN2/c1-2-21-17-18-27(26-21)24(19-11-5-3-6-12-19,20-13-7-4-8-14-20)22-15-9-10-16-23(22)25/h2-18H,1H2. The maximum Gasteiger partial charge on any atom is 0.139 e. The van der Waals surface area contributed by atoms with Crippen molar-refractivity contribution in [2.75, 3.05) is 0 Å². The Morgan fingerprint density at radius 2 is 1.33 bits per heavy atom. The molecule has 0 bridgehead atoms. The molecule has 3 aromatic carbocycles. The van der Waals surface area contributed by atoms with Crippen molar-refractivity contribution < 1.29 is 0 Å². The molecule has 1 heterocycles. The van der Waals surface area contributed by atoms with Crippen LogP contribution < -0.4 is 0 Å². The van der Waals surface area contributed by atoms with Gasteiger partial charge in [-0.3, -0.25) is 4.68 Å². The van der Waals surface area contributed by atoms with Crippen LogP contribution in [-0.4, -0.2) is 9.78 Å². The van der Waals surface area contributed by atoms with Gasteiger partial charge in [-0.15, -0.1) is 0 Å². The highest BCUT2D eigenvalue weighted by molar-refractivity contribution is 6.31. The van der Waals surface area contributed by atoms with Crippen molar-refractivity contribution in [1.29, 1.82) is 0 Å². The van der Waals surface area contributed by atoms with Gasteiger partial charge in [-0.1, -0.05) is 97.0 Å². The van der Waals surface area contributed by atoms with Gasteiger partial charge in [0.2, 0.25) is 0 Å². The molecule has 0 fully saturated rings. The Morgan fingerprint density at radius 3 is 1.85 bits per heavy atom. The summed E-state index contributed by atoms with van der Waals surface area (Å²) < 4.78 is 1.98. The van der Waals surface area contributed by atoms with Crippen LogP contribution in [0.25, 0.3) is 6.08 Å². The lowest BCUT2D eigenvalue weighted by Crippen LogP contribution is -2.38. The fourth-order valence-electron chi connectivity index (χ4n) is 3.61. The second kappa shape index (κ2) is 7.26. The van der Waals surface area contributed by atoms with Crippen LogP contribution in [0.1, 0.15) is 22.4 Å². The molecule has 0 saturated heterocycles. The molecular weight excluding hydrogens is 352 g/mol. The van der Waals surface area contributed by atoms with E-state index in [1.807, 2.05) is 71.5 Å². The Kier molecular flexibility index (Phi) is 4.66. The molecule has 27 heavy (non-hydrogen) atoms. The molecule has 0 atom stereocenters. The van der Waals surface area contributed by atoms with Gasteiger partial charge >= 0.3 is 0 Å². The Labute approximate surface area is 164 Å². The second-order valence-corrected chi connectivity index (χ2v) is 6.72. The smallest absolute Gasteiger partial charge is 0.139 e. The van der Waals surface area contributed by atoms with Crippen molar-refractivity contribution in [2.45, 2.75) is 5.54 Å². The van der Waals surface area contributed by atoms with E-state index in [2.05, 4.69) is 36.9 Å². The van der Waals surface area contributed by atoms with E-state index in [0.717, 1.165) is 22.4 Å². The number of hydrogen-bond donors (Lipinski definition) is 0. The molecule has 0 saturated carbocycles. The van der Waals surface area contributed by atoms with Gasteiger partial charge in [0.25, 0.3) is 0 Å². The minimum absolute atomic E-state index is 0.692. The number of hydrogen-bond acceptors (Lipinski definition) is 1. The van der Waals surface area contributed by atoms with E-state index in [-0.39, 0.29) is 0 Å². The van der Waals surface area contributed by atoms with E-state index in [1.165, 1.54) is 0 Å². The predicted molar refractivity (Wildman–Crippen MR) is 112 cm³/mol. The summed E-state index contributed by atoms with van der Waals surface area (Å²) in [5, 5.41) is 5.51. The Balaban J connectivity index is 2.15. The molecule has 3 heteroatoms. The van der Waals surface area contributed by atoms with Gasteiger partial charge in [0, 0.05) is 16.8 Å². The van der Waals surface area contributed by atoms with Gasteiger partial charge in [-0.2, -0.15) is 5.10 Å². The van der Waals surface area contributed by atoms with E-state index in [1.54, 1.807) is 6.08 Å².